The second kappa shape index (κ2) is 36.5. The van der Waals surface area contributed by atoms with Gasteiger partial charge in [-0.3, -0.25) is 9.59 Å². The molecule has 0 saturated carbocycles. The summed E-state index contributed by atoms with van der Waals surface area (Å²) in [5, 5.41) is 31.5. The summed E-state index contributed by atoms with van der Waals surface area (Å²) >= 11 is 0. The second-order valence-electron chi connectivity index (χ2n) is 1.93. The first-order chi connectivity index (χ1) is 7.44. The normalized spacial score (nSPS) is 4.43. The summed E-state index contributed by atoms with van der Waals surface area (Å²) in [6.45, 7) is 0. The van der Waals surface area contributed by atoms with Gasteiger partial charge >= 0.3 is 17.1 Å². The Morgan fingerprint density at radius 2 is 0.913 bits per heavy atom. The fourth-order valence-corrected chi connectivity index (χ4v) is 0.270. The van der Waals surface area contributed by atoms with Gasteiger partial charge in [0.05, 0.1) is 0 Å². The van der Waals surface area contributed by atoms with Gasteiger partial charge in [-0.15, -0.1) is 0 Å². The van der Waals surface area contributed by atoms with E-state index >= 15 is 0 Å². The van der Waals surface area contributed by atoms with Gasteiger partial charge in [0.2, 0.25) is 0 Å². The summed E-state index contributed by atoms with van der Waals surface area (Å²) in [5.74, 6) is 0.711. The van der Waals surface area contributed by atoms with E-state index in [1.807, 2.05) is 0 Å². The maximum atomic E-state index is 9.90. The molecule has 14 nitrogen and oxygen atoms in total. The van der Waals surface area contributed by atoms with Crippen LogP contribution in [0, 0.1) is 22.7 Å². The molecule has 0 saturated heterocycles. The molecular weight excluding hydrogens is 363 g/mol. The monoisotopic (exact) mass is 383 g/mol. The van der Waals surface area contributed by atoms with Crippen molar-refractivity contribution in [3.05, 3.63) is 22.0 Å². The zero-order valence-corrected chi connectivity index (χ0v) is 12.6. The summed E-state index contributed by atoms with van der Waals surface area (Å²) in [7, 11) is 0. The predicted molar refractivity (Wildman–Crippen MR) is 80.1 cm³/mol. The molecule has 2 amide bonds. The maximum Gasteiger partial charge on any atom is 2.00 e. The third-order valence-corrected chi connectivity index (χ3v) is 0.940. The first-order valence-corrected chi connectivity index (χ1v) is 3.38. The van der Waals surface area contributed by atoms with Crippen LogP contribution in [0.5, 0.6) is 0 Å². The van der Waals surface area contributed by atoms with Crippen LogP contribution in [-0.2, 0) is 48.6 Å². The topological polar surface area (TPSA) is 373 Å². The molecule has 0 fully saturated rings. The van der Waals surface area contributed by atoms with Gasteiger partial charge in [0.15, 0.2) is 0 Å². The van der Waals surface area contributed by atoms with Gasteiger partial charge in [0, 0.05) is 0 Å². The molecule has 0 aromatic rings. The van der Waals surface area contributed by atoms with Gasteiger partial charge in [0.25, 0.3) is 11.8 Å². The van der Waals surface area contributed by atoms with Gasteiger partial charge in [-0.25, -0.2) is 11.7 Å². The van der Waals surface area contributed by atoms with Crippen molar-refractivity contribution in [3.63, 3.8) is 0 Å². The molecule has 0 bridgehead atoms. The molecule has 0 heterocycles. The van der Waals surface area contributed by atoms with Crippen molar-refractivity contribution in [2.45, 2.75) is 0 Å². The van der Waals surface area contributed by atoms with Crippen molar-refractivity contribution in [2.24, 2.45) is 11.5 Å². The van der Waals surface area contributed by atoms with Crippen LogP contribution in [0.25, 0.3) is 10.8 Å². The number of hydrogen-bond donors (Lipinski definition) is 2. The molecule has 0 atom stereocenters. The molecule has 0 aliphatic carbocycles. The Hall–Kier alpha value is -2.90. The van der Waals surface area contributed by atoms with E-state index < -0.39 is 23.0 Å². The summed E-state index contributed by atoms with van der Waals surface area (Å²) in [4.78, 5) is 19.8. The first-order valence-electron chi connectivity index (χ1n) is 3.38. The smallest absolute Gasteiger partial charge is 0.762 e. The summed E-state index contributed by atoms with van der Waals surface area (Å²) in [5.41, 5.74) is 7.94. The van der Waals surface area contributed by atoms with Crippen LogP contribution in [-0.4, -0.2) is 34.5 Å². The molecule has 1 radical (unpaired) electrons. The number of nitrogens with zero attached hydrogens (tertiary/aromatic N) is 4. The third kappa shape index (κ3) is 32.5. The molecular formula is C8H20MnN6O8+4. The van der Waals surface area contributed by atoms with Crippen LogP contribution in [0.1, 0.15) is 0 Å². The average Bonchev–Trinajstić information content (AvgIpc) is 2.21. The Labute approximate surface area is 140 Å². The number of nitriles is 2. The summed E-state index contributed by atoms with van der Waals surface area (Å²) < 4.78 is 0. The van der Waals surface area contributed by atoms with Crippen molar-refractivity contribution in [3.8, 4) is 12.1 Å². The Balaban J connectivity index is -0.0000000187. The van der Waals surface area contributed by atoms with Crippen molar-refractivity contribution in [1.82, 2.24) is 0 Å². The Morgan fingerprint density at radius 1 is 0.739 bits per heavy atom. The van der Waals surface area contributed by atoms with Crippen molar-refractivity contribution in [1.29, 1.82) is 10.5 Å². The molecule has 0 aliphatic heterocycles. The molecule has 0 spiro atoms. The number of rotatable bonds is 2. The Morgan fingerprint density at radius 3 is 0.913 bits per heavy atom. The Bertz CT molecular complexity index is 452. The Kier molecular flexibility index (Phi) is 94.3. The number of carbonyl (C=O) groups excluding carboxylic acids is 2. The molecule has 20 N–H and O–H groups in total. The van der Waals surface area contributed by atoms with E-state index in [1.165, 1.54) is 23.9 Å². The maximum absolute atomic E-state index is 9.90. The van der Waals surface area contributed by atoms with Crippen LogP contribution >= 0.6 is 0 Å². The van der Waals surface area contributed by atoms with E-state index in [1.54, 1.807) is 0 Å². The molecule has 133 valence electrons. The van der Waals surface area contributed by atoms with Gasteiger partial charge in [-0.2, -0.15) is 10.5 Å². The van der Waals surface area contributed by atoms with Crippen molar-refractivity contribution in [2.75, 3.05) is 0 Å². The van der Waals surface area contributed by atoms with Crippen LogP contribution in [0.3, 0.4) is 0 Å². The number of amides is 2. The fourth-order valence-electron chi connectivity index (χ4n) is 0.270. The number of primary amides is 2. The largest absolute Gasteiger partial charge is 2.00 e. The van der Waals surface area contributed by atoms with E-state index in [-0.39, 0.29) is 49.9 Å². The second-order valence-corrected chi connectivity index (χ2v) is 1.93. The van der Waals surface area contributed by atoms with Crippen LogP contribution in [0.4, 0.5) is 0 Å². The minimum Gasteiger partial charge on any atom is -0.762 e. The average molecular weight is 383 g/mol. The van der Waals surface area contributed by atoms with Crippen LogP contribution in [0.2, 0.25) is 0 Å². The zero-order valence-electron chi connectivity index (χ0n) is 11.4. The molecule has 0 rings (SSSR count). The van der Waals surface area contributed by atoms with Crippen LogP contribution in [0.15, 0.2) is 11.1 Å². The third-order valence-electron chi connectivity index (χ3n) is 0.940. The molecule has 23 heavy (non-hydrogen) atoms. The van der Waals surface area contributed by atoms with E-state index in [9.17, 15) is 9.59 Å². The summed E-state index contributed by atoms with van der Waals surface area (Å²) in [6, 6.07) is 2.66. The van der Waals surface area contributed by atoms with E-state index in [2.05, 4.69) is 11.5 Å². The van der Waals surface area contributed by atoms with Crippen LogP contribution < -0.4 is 11.5 Å². The van der Waals surface area contributed by atoms with Gasteiger partial charge in [-0.05, 0) is 0 Å². The molecule has 0 unspecified atom stereocenters. The number of carbonyl (C=O) groups is 2. The number of nitrogens with two attached hydrogens (primary N) is 2. The molecule has 15 heteroatoms. The molecule has 0 aromatic heterocycles. The van der Waals surface area contributed by atoms with Gasteiger partial charge in [0.1, 0.15) is 23.3 Å². The van der Waals surface area contributed by atoms with Crippen molar-refractivity contribution < 1.29 is 59.5 Å². The van der Waals surface area contributed by atoms with E-state index in [4.69, 9.17) is 21.3 Å². The standard InChI is InChI=1S/2C4H2N3O.Mn.6H2O/c2*5-1-3(2-6)4(7)8;;;;;;;/h2*(H2,7,8);;6*1H2/q2*-1;+2;;;;;;/p+4. The predicted octanol–water partition coefficient (Wildman–Crippen LogP) is -7.02. The van der Waals surface area contributed by atoms with Gasteiger partial charge in [-0.1, -0.05) is 0 Å². The fraction of sp³-hybridized carbons (Fsp3) is 0. The summed E-state index contributed by atoms with van der Waals surface area (Å²) in [6.07, 6.45) is 0. The minimum atomic E-state index is -0.977. The van der Waals surface area contributed by atoms with E-state index in [0.717, 1.165) is 0 Å². The first kappa shape index (κ1) is 59.5. The van der Waals surface area contributed by atoms with Crippen molar-refractivity contribution >= 4 is 23.6 Å². The minimum absolute atomic E-state index is 0. The molecule has 0 aliphatic rings. The number of hydrogen-bond acceptors (Lipinski definition) is 4. The SMILES string of the molecule is N#CC(=C=[N-])C(N)=O.N#CC(=C=[N-])C(N)=O.O.O.[Mn+2].[OH3+].[OH3+].[OH3+].[OH3+]. The quantitative estimate of drug-likeness (QED) is 0.154. The van der Waals surface area contributed by atoms with E-state index in [0.29, 0.717) is 0 Å². The van der Waals surface area contributed by atoms with Gasteiger partial charge < -0.3 is 55.1 Å². The zero-order chi connectivity index (χ0) is 13.1. The molecule has 0 aromatic carbocycles.